The molecule has 180 valence electrons. The molecule has 1 N–H and O–H groups in total. The fourth-order valence-electron chi connectivity index (χ4n) is 4.65. The van der Waals surface area contributed by atoms with Gasteiger partial charge >= 0.3 is 0 Å². The molecular formula is C29H31N3O3. The van der Waals surface area contributed by atoms with Crippen molar-refractivity contribution in [2.24, 2.45) is 0 Å². The number of nitrogens with one attached hydrogen (secondary N) is 1. The van der Waals surface area contributed by atoms with E-state index in [2.05, 4.69) is 23.0 Å². The molecule has 35 heavy (non-hydrogen) atoms. The Morgan fingerprint density at radius 2 is 1.97 bits per heavy atom. The molecule has 4 aromatic rings. The number of nitrogens with zero attached hydrogens (tertiary/aromatic N) is 2. The zero-order valence-electron chi connectivity index (χ0n) is 20.3. The van der Waals surface area contributed by atoms with E-state index >= 15 is 0 Å². The third-order valence-electron chi connectivity index (χ3n) is 6.73. The third kappa shape index (κ3) is 5.23. The van der Waals surface area contributed by atoms with Gasteiger partial charge in [0.1, 0.15) is 12.4 Å². The molecule has 3 heterocycles. The van der Waals surface area contributed by atoms with Crippen LogP contribution >= 0.6 is 0 Å². The van der Waals surface area contributed by atoms with Gasteiger partial charge in [-0.05, 0) is 62.1 Å². The molecule has 0 aliphatic carbocycles. The molecule has 2 aromatic heterocycles. The summed E-state index contributed by atoms with van der Waals surface area (Å²) in [5.74, 6) is 0.806. The summed E-state index contributed by atoms with van der Waals surface area (Å²) < 4.78 is 11.8. The molecule has 0 bridgehead atoms. The summed E-state index contributed by atoms with van der Waals surface area (Å²) in [7, 11) is 0. The molecule has 1 aliphatic rings. The van der Waals surface area contributed by atoms with Crippen molar-refractivity contribution >= 4 is 16.8 Å². The largest absolute Gasteiger partial charge is 0.489 e. The molecule has 2 aromatic carbocycles. The molecular weight excluding hydrogens is 438 g/mol. The van der Waals surface area contributed by atoms with Crippen LogP contribution < -0.4 is 4.74 Å². The van der Waals surface area contributed by atoms with Gasteiger partial charge < -0.3 is 19.4 Å². The average molecular weight is 470 g/mol. The van der Waals surface area contributed by atoms with E-state index in [-0.39, 0.29) is 12.0 Å². The molecule has 5 rings (SSSR count). The van der Waals surface area contributed by atoms with Gasteiger partial charge in [-0.25, -0.2) is 0 Å². The van der Waals surface area contributed by atoms with E-state index in [9.17, 15) is 4.79 Å². The molecule has 1 aliphatic heterocycles. The maximum absolute atomic E-state index is 13.8. The van der Waals surface area contributed by atoms with E-state index in [1.165, 1.54) is 5.56 Å². The minimum absolute atomic E-state index is 0.0178. The van der Waals surface area contributed by atoms with Gasteiger partial charge in [-0.2, -0.15) is 0 Å². The zero-order valence-corrected chi connectivity index (χ0v) is 20.3. The number of hydrogen-bond donors (Lipinski definition) is 1. The van der Waals surface area contributed by atoms with Crippen molar-refractivity contribution in [2.75, 3.05) is 13.2 Å². The predicted molar refractivity (Wildman–Crippen MR) is 136 cm³/mol. The minimum atomic E-state index is 0.0178. The summed E-state index contributed by atoms with van der Waals surface area (Å²) in [5, 5.41) is 1.10. The highest BCUT2D eigenvalue weighted by molar-refractivity contribution is 6.06. The first-order valence-electron chi connectivity index (χ1n) is 12.2. The number of aromatic amines is 1. The van der Waals surface area contributed by atoms with Crippen LogP contribution in [0.25, 0.3) is 10.9 Å². The Morgan fingerprint density at radius 3 is 2.71 bits per heavy atom. The first-order valence-corrected chi connectivity index (χ1v) is 12.2. The first kappa shape index (κ1) is 23.1. The summed E-state index contributed by atoms with van der Waals surface area (Å²) in [6, 6.07) is 17.8. The van der Waals surface area contributed by atoms with Crippen molar-refractivity contribution < 1.29 is 14.3 Å². The smallest absolute Gasteiger partial charge is 0.256 e. The normalized spacial score (nSPS) is 15.4. The lowest BCUT2D eigenvalue weighted by atomic mass is 10.1. The Morgan fingerprint density at radius 1 is 1.11 bits per heavy atom. The van der Waals surface area contributed by atoms with E-state index in [0.29, 0.717) is 25.3 Å². The monoisotopic (exact) mass is 469 g/mol. The van der Waals surface area contributed by atoms with E-state index < -0.39 is 0 Å². The van der Waals surface area contributed by atoms with E-state index in [1.807, 2.05) is 60.4 Å². The second-order valence-electron chi connectivity index (χ2n) is 9.22. The SMILES string of the molecule is Cc1[nH]c2c(C(=O)N(Cc3ccc(OCc4cccnc4)cc3)C[C@H]3CCCO3)cccc2c1C. The molecule has 0 radical (unpaired) electrons. The van der Waals surface area contributed by atoms with Crippen LogP contribution in [0, 0.1) is 13.8 Å². The zero-order chi connectivity index (χ0) is 24.2. The van der Waals surface area contributed by atoms with E-state index in [4.69, 9.17) is 9.47 Å². The Kier molecular flexibility index (Phi) is 6.82. The lowest BCUT2D eigenvalue weighted by Crippen LogP contribution is -2.37. The number of ether oxygens (including phenoxy) is 2. The highest BCUT2D eigenvalue weighted by Gasteiger charge is 2.25. The van der Waals surface area contributed by atoms with Gasteiger partial charge in [0, 0.05) is 48.7 Å². The minimum Gasteiger partial charge on any atom is -0.489 e. The summed E-state index contributed by atoms with van der Waals surface area (Å²) in [6.45, 7) is 6.45. The van der Waals surface area contributed by atoms with Crippen LogP contribution in [0.15, 0.2) is 67.0 Å². The van der Waals surface area contributed by atoms with Crippen LogP contribution in [0.2, 0.25) is 0 Å². The number of fused-ring (bicyclic) bond motifs is 1. The fourth-order valence-corrected chi connectivity index (χ4v) is 4.65. The molecule has 1 saturated heterocycles. The number of carbonyl (C=O) groups excluding carboxylic acids is 1. The maximum Gasteiger partial charge on any atom is 0.256 e. The molecule has 6 heteroatoms. The number of rotatable bonds is 8. The van der Waals surface area contributed by atoms with Crippen molar-refractivity contribution in [2.45, 2.75) is 45.9 Å². The average Bonchev–Trinajstić information content (AvgIpc) is 3.51. The van der Waals surface area contributed by atoms with Gasteiger partial charge in [-0.1, -0.05) is 30.3 Å². The third-order valence-corrected chi connectivity index (χ3v) is 6.73. The van der Waals surface area contributed by atoms with Crippen molar-refractivity contribution in [1.29, 1.82) is 0 Å². The van der Waals surface area contributed by atoms with Gasteiger partial charge in [0.25, 0.3) is 5.91 Å². The number of amides is 1. The Labute approximate surface area is 205 Å². The number of para-hydroxylation sites is 1. The number of benzene rings is 2. The number of aryl methyl sites for hydroxylation is 2. The summed E-state index contributed by atoms with van der Waals surface area (Å²) >= 11 is 0. The van der Waals surface area contributed by atoms with Crippen LogP contribution in [0.1, 0.15) is 45.6 Å². The summed E-state index contributed by atoms with van der Waals surface area (Å²) in [5.41, 5.74) is 5.96. The Hall–Kier alpha value is -3.64. The predicted octanol–water partition coefficient (Wildman–Crippen LogP) is 5.58. The highest BCUT2D eigenvalue weighted by atomic mass is 16.5. The second kappa shape index (κ2) is 10.3. The number of hydrogen-bond acceptors (Lipinski definition) is 4. The van der Waals surface area contributed by atoms with Crippen LogP contribution in [-0.2, 0) is 17.9 Å². The molecule has 0 spiro atoms. The molecule has 1 fully saturated rings. The van der Waals surface area contributed by atoms with Crippen molar-refractivity contribution in [1.82, 2.24) is 14.9 Å². The van der Waals surface area contributed by atoms with Gasteiger partial charge in [0.15, 0.2) is 0 Å². The lowest BCUT2D eigenvalue weighted by Gasteiger charge is -2.26. The number of pyridine rings is 1. The van der Waals surface area contributed by atoms with Gasteiger partial charge in [0.2, 0.25) is 0 Å². The van der Waals surface area contributed by atoms with Crippen molar-refractivity contribution in [3.63, 3.8) is 0 Å². The number of carbonyl (C=O) groups is 1. The van der Waals surface area contributed by atoms with Crippen LogP contribution in [0.4, 0.5) is 0 Å². The number of H-pyrrole nitrogens is 1. The van der Waals surface area contributed by atoms with Gasteiger partial charge in [-0.3, -0.25) is 9.78 Å². The Bertz CT molecular complexity index is 1290. The number of aromatic nitrogens is 2. The van der Waals surface area contributed by atoms with E-state index in [1.54, 1.807) is 12.4 Å². The highest BCUT2D eigenvalue weighted by Crippen LogP contribution is 2.26. The van der Waals surface area contributed by atoms with Gasteiger partial charge in [-0.15, -0.1) is 0 Å². The van der Waals surface area contributed by atoms with Crippen molar-refractivity contribution in [3.05, 3.63) is 94.9 Å². The lowest BCUT2D eigenvalue weighted by molar-refractivity contribution is 0.0508. The Balaban J connectivity index is 1.34. The fraction of sp³-hybridized carbons (Fsp3) is 0.310. The molecule has 0 saturated carbocycles. The van der Waals surface area contributed by atoms with Crippen LogP contribution in [-0.4, -0.2) is 40.0 Å². The maximum atomic E-state index is 13.8. The van der Waals surface area contributed by atoms with Crippen molar-refractivity contribution in [3.8, 4) is 5.75 Å². The molecule has 1 atom stereocenters. The van der Waals surface area contributed by atoms with Gasteiger partial charge in [0.05, 0.1) is 17.2 Å². The van der Waals surface area contributed by atoms with Crippen LogP contribution in [0.5, 0.6) is 5.75 Å². The first-order chi connectivity index (χ1) is 17.1. The molecule has 6 nitrogen and oxygen atoms in total. The second-order valence-corrected chi connectivity index (χ2v) is 9.22. The summed E-state index contributed by atoms with van der Waals surface area (Å²) in [6.07, 6.45) is 5.65. The standard InChI is InChI=1S/C29H31N3O3/c1-20-21(2)31-28-26(20)8-3-9-27(28)29(33)32(18-25-7-5-15-34-25)17-22-10-12-24(13-11-22)35-19-23-6-4-14-30-16-23/h3-4,6,8-14,16,25,31H,5,7,15,17-19H2,1-2H3/t25-/m1/s1. The molecule has 1 amide bonds. The van der Waals surface area contributed by atoms with Crippen LogP contribution in [0.3, 0.4) is 0 Å². The van der Waals surface area contributed by atoms with E-state index in [0.717, 1.165) is 52.9 Å². The quantitative estimate of drug-likeness (QED) is 0.366. The summed E-state index contributed by atoms with van der Waals surface area (Å²) in [4.78, 5) is 23.3. The topological polar surface area (TPSA) is 67.5 Å². The molecule has 0 unspecified atom stereocenters.